The van der Waals surface area contributed by atoms with E-state index in [1.54, 1.807) is 17.0 Å². The molecule has 1 N–H and O–H groups in total. The summed E-state index contributed by atoms with van der Waals surface area (Å²) in [6.45, 7) is 10.7. The monoisotopic (exact) mass is 398 g/mol. The number of nitrogens with zero attached hydrogens (tertiary/aromatic N) is 1. The van der Waals surface area contributed by atoms with E-state index in [4.69, 9.17) is 9.15 Å². The van der Waals surface area contributed by atoms with Crippen molar-refractivity contribution < 1.29 is 18.7 Å². The molecule has 0 saturated heterocycles. The Hall–Kier alpha value is -2.76. The standard InChI is InChI=1S/C23H30N2O4/c1-6-15(3)24-22(27)20-11-9-17(29-20)13-25-18-12-16(23(4,5)7-2)8-10-19(18)28-14-21(25)26/h8-12,15H,6-7,13-14H2,1-5H3,(H,24,27). The molecule has 3 rings (SSSR count). The summed E-state index contributed by atoms with van der Waals surface area (Å²) < 4.78 is 11.3. The first kappa shape index (κ1) is 21.0. The second-order valence-corrected chi connectivity index (χ2v) is 8.24. The summed E-state index contributed by atoms with van der Waals surface area (Å²) in [7, 11) is 0. The Morgan fingerprint density at radius 1 is 1.24 bits per heavy atom. The molecular formula is C23H30N2O4. The van der Waals surface area contributed by atoms with Gasteiger partial charge in [0.1, 0.15) is 11.5 Å². The zero-order chi connectivity index (χ0) is 21.2. The van der Waals surface area contributed by atoms with Crippen LogP contribution in [0.2, 0.25) is 0 Å². The maximum atomic E-state index is 12.6. The second kappa shape index (κ2) is 8.31. The fourth-order valence-electron chi connectivity index (χ4n) is 3.14. The highest BCUT2D eigenvalue weighted by molar-refractivity contribution is 5.98. The molecule has 2 aromatic rings. The summed E-state index contributed by atoms with van der Waals surface area (Å²) in [6.07, 6.45) is 1.82. The Labute approximate surface area is 172 Å². The molecule has 29 heavy (non-hydrogen) atoms. The number of benzene rings is 1. The number of nitrogens with one attached hydrogen (secondary N) is 1. The Morgan fingerprint density at radius 3 is 2.69 bits per heavy atom. The number of carbonyl (C=O) groups excluding carboxylic acids is 2. The zero-order valence-corrected chi connectivity index (χ0v) is 17.9. The first-order valence-electron chi connectivity index (χ1n) is 10.2. The molecule has 0 fully saturated rings. The van der Waals surface area contributed by atoms with Crippen molar-refractivity contribution in [1.82, 2.24) is 5.32 Å². The van der Waals surface area contributed by atoms with Crippen LogP contribution in [0, 0.1) is 0 Å². The van der Waals surface area contributed by atoms with Crippen molar-refractivity contribution in [3.05, 3.63) is 47.4 Å². The van der Waals surface area contributed by atoms with Crippen molar-refractivity contribution in [1.29, 1.82) is 0 Å². The number of fused-ring (bicyclic) bond motifs is 1. The molecule has 1 aromatic carbocycles. The van der Waals surface area contributed by atoms with Crippen molar-refractivity contribution in [2.75, 3.05) is 11.5 Å². The van der Waals surface area contributed by atoms with Gasteiger partial charge in [0.25, 0.3) is 11.8 Å². The summed E-state index contributed by atoms with van der Waals surface area (Å²) in [4.78, 5) is 26.5. The highest BCUT2D eigenvalue weighted by atomic mass is 16.5. The average molecular weight is 399 g/mol. The van der Waals surface area contributed by atoms with Crippen LogP contribution in [-0.4, -0.2) is 24.5 Å². The molecule has 2 amide bonds. The lowest BCUT2D eigenvalue weighted by Crippen LogP contribution is -2.38. The van der Waals surface area contributed by atoms with Crippen LogP contribution in [0.3, 0.4) is 0 Å². The highest BCUT2D eigenvalue weighted by Gasteiger charge is 2.29. The molecule has 2 heterocycles. The minimum absolute atomic E-state index is 0.00684. The van der Waals surface area contributed by atoms with E-state index in [0.29, 0.717) is 11.5 Å². The summed E-state index contributed by atoms with van der Waals surface area (Å²) >= 11 is 0. The first-order valence-corrected chi connectivity index (χ1v) is 10.2. The predicted octanol–water partition coefficient (Wildman–Crippen LogP) is 4.42. The number of anilines is 1. The average Bonchev–Trinajstić information content (AvgIpc) is 3.18. The van der Waals surface area contributed by atoms with Crippen LogP contribution in [0.5, 0.6) is 5.75 Å². The van der Waals surface area contributed by atoms with E-state index in [0.717, 1.165) is 24.1 Å². The largest absolute Gasteiger partial charge is 0.482 e. The van der Waals surface area contributed by atoms with Gasteiger partial charge in [-0.1, -0.05) is 33.8 Å². The zero-order valence-electron chi connectivity index (χ0n) is 17.9. The number of rotatable bonds is 7. The van der Waals surface area contributed by atoms with Gasteiger partial charge in [0.15, 0.2) is 12.4 Å². The predicted molar refractivity (Wildman–Crippen MR) is 112 cm³/mol. The molecule has 0 radical (unpaired) electrons. The molecular weight excluding hydrogens is 368 g/mol. The van der Waals surface area contributed by atoms with Gasteiger partial charge in [-0.05, 0) is 55.0 Å². The molecule has 6 nitrogen and oxygen atoms in total. The van der Waals surface area contributed by atoms with Gasteiger partial charge in [-0.25, -0.2) is 0 Å². The third-order valence-corrected chi connectivity index (χ3v) is 5.76. The van der Waals surface area contributed by atoms with Crippen LogP contribution < -0.4 is 15.0 Å². The maximum Gasteiger partial charge on any atom is 0.287 e. The van der Waals surface area contributed by atoms with E-state index in [1.165, 1.54) is 0 Å². The molecule has 1 aromatic heterocycles. The van der Waals surface area contributed by atoms with Gasteiger partial charge in [-0.3, -0.25) is 14.5 Å². The van der Waals surface area contributed by atoms with Crippen LogP contribution in [0.15, 0.2) is 34.7 Å². The quantitative estimate of drug-likeness (QED) is 0.749. The lowest BCUT2D eigenvalue weighted by atomic mass is 9.82. The molecule has 0 saturated carbocycles. The van der Waals surface area contributed by atoms with Crippen LogP contribution in [0.1, 0.15) is 69.3 Å². The van der Waals surface area contributed by atoms with Crippen LogP contribution in [0.25, 0.3) is 0 Å². The molecule has 6 heteroatoms. The third-order valence-electron chi connectivity index (χ3n) is 5.76. The van der Waals surface area contributed by atoms with E-state index in [-0.39, 0.29) is 42.2 Å². The lowest BCUT2D eigenvalue weighted by molar-refractivity contribution is -0.121. The van der Waals surface area contributed by atoms with Gasteiger partial charge >= 0.3 is 0 Å². The number of carbonyl (C=O) groups is 2. The molecule has 0 aliphatic carbocycles. The fourth-order valence-corrected chi connectivity index (χ4v) is 3.14. The van der Waals surface area contributed by atoms with E-state index < -0.39 is 0 Å². The summed E-state index contributed by atoms with van der Waals surface area (Å²) in [5, 5.41) is 2.88. The molecule has 0 bridgehead atoms. The van der Waals surface area contributed by atoms with E-state index in [1.807, 2.05) is 26.0 Å². The molecule has 156 valence electrons. The van der Waals surface area contributed by atoms with Crippen molar-refractivity contribution in [2.45, 2.75) is 65.5 Å². The van der Waals surface area contributed by atoms with E-state index >= 15 is 0 Å². The lowest BCUT2D eigenvalue weighted by Gasteiger charge is -2.31. The van der Waals surface area contributed by atoms with Crippen LogP contribution in [-0.2, 0) is 16.8 Å². The van der Waals surface area contributed by atoms with E-state index in [9.17, 15) is 9.59 Å². The molecule has 1 aliphatic rings. The SMILES string of the molecule is CCC(C)NC(=O)c1ccc(CN2C(=O)COc3ccc(C(C)(C)CC)cc32)o1. The summed E-state index contributed by atoms with van der Waals surface area (Å²) in [5.41, 5.74) is 1.88. The highest BCUT2D eigenvalue weighted by Crippen LogP contribution is 2.38. The summed E-state index contributed by atoms with van der Waals surface area (Å²) in [6, 6.07) is 9.47. The second-order valence-electron chi connectivity index (χ2n) is 8.24. The number of ether oxygens (including phenoxy) is 1. The fraction of sp³-hybridized carbons (Fsp3) is 0.478. The number of hydrogen-bond donors (Lipinski definition) is 1. The third kappa shape index (κ3) is 4.47. The Kier molecular flexibility index (Phi) is 6.01. The van der Waals surface area contributed by atoms with Crippen LogP contribution >= 0.6 is 0 Å². The Bertz CT molecular complexity index is 900. The minimum atomic E-state index is -0.244. The normalized spacial score (nSPS) is 14.9. The van der Waals surface area contributed by atoms with Gasteiger partial charge in [-0.2, -0.15) is 0 Å². The number of furan rings is 1. The van der Waals surface area contributed by atoms with Gasteiger partial charge in [0, 0.05) is 6.04 Å². The molecule has 1 atom stereocenters. The van der Waals surface area contributed by atoms with Crippen molar-refractivity contribution in [3.8, 4) is 5.75 Å². The summed E-state index contributed by atoms with van der Waals surface area (Å²) in [5.74, 6) is 1.11. The Balaban J connectivity index is 1.84. The van der Waals surface area contributed by atoms with Crippen molar-refractivity contribution in [2.24, 2.45) is 0 Å². The topological polar surface area (TPSA) is 71.8 Å². The smallest absolute Gasteiger partial charge is 0.287 e. The molecule has 1 aliphatic heterocycles. The molecule has 1 unspecified atom stereocenters. The molecule has 0 spiro atoms. The Morgan fingerprint density at radius 2 is 2.00 bits per heavy atom. The van der Waals surface area contributed by atoms with E-state index in [2.05, 4.69) is 32.2 Å². The minimum Gasteiger partial charge on any atom is -0.482 e. The van der Waals surface area contributed by atoms with Crippen LogP contribution in [0.4, 0.5) is 5.69 Å². The maximum absolute atomic E-state index is 12.6. The van der Waals surface area contributed by atoms with Gasteiger partial charge in [0.2, 0.25) is 0 Å². The number of hydrogen-bond acceptors (Lipinski definition) is 4. The number of amides is 2. The van der Waals surface area contributed by atoms with Gasteiger partial charge in [-0.15, -0.1) is 0 Å². The van der Waals surface area contributed by atoms with Gasteiger partial charge < -0.3 is 14.5 Å². The van der Waals surface area contributed by atoms with Gasteiger partial charge in [0.05, 0.1) is 12.2 Å². The first-order chi connectivity index (χ1) is 13.7. The van der Waals surface area contributed by atoms with Crippen molar-refractivity contribution >= 4 is 17.5 Å². The van der Waals surface area contributed by atoms with Crippen molar-refractivity contribution in [3.63, 3.8) is 0 Å².